The first kappa shape index (κ1) is 6.10. The Morgan fingerprint density at radius 2 is 2.56 bits per heavy atom. The second kappa shape index (κ2) is 3.09. The first-order valence-electron chi connectivity index (χ1n) is 3.18. The predicted molar refractivity (Wildman–Crippen MR) is 36.7 cm³/mol. The fourth-order valence-electron chi connectivity index (χ4n) is 0.945. The summed E-state index contributed by atoms with van der Waals surface area (Å²) >= 11 is 0. The Bertz CT molecular complexity index is 181. The lowest BCUT2D eigenvalue weighted by Crippen LogP contribution is -1.84. The van der Waals surface area contributed by atoms with Crippen molar-refractivity contribution in [1.82, 2.24) is 0 Å². The summed E-state index contributed by atoms with van der Waals surface area (Å²) in [7, 11) is 0. The SMILES string of the molecule is N#CC=C1C=CCCC1. The van der Waals surface area contributed by atoms with Crippen LogP contribution in [0, 0.1) is 11.3 Å². The Balaban J connectivity index is 2.62. The van der Waals surface area contributed by atoms with Crippen LogP contribution < -0.4 is 0 Å². The molecule has 0 N–H and O–H groups in total. The number of allylic oxidation sites excluding steroid dienone is 4. The summed E-state index contributed by atoms with van der Waals surface area (Å²) in [6.07, 6.45) is 9.21. The molecule has 0 radical (unpaired) electrons. The fourth-order valence-corrected chi connectivity index (χ4v) is 0.945. The van der Waals surface area contributed by atoms with Gasteiger partial charge in [0, 0.05) is 6.08 Å². The average molecular weight is 119 g/mol. The Morgan fingerprint density at radius 3 is 3.11 bits per heavy atom. The van der Waals surface area contributed by atoms with Crippen molar-refractivity contribution in [2.24, 2.45) is 0 Å². The maximum absolute atomic E-state index is 8.26. The topological polar surface area (TPSA) is 23.8 Å². The minimum atomic E-state index is 1.07. The van der Waals surface area contributed by atoms with Gasteiger partial charge in [0.2, 0.25) is 0 Å². The van der Waals surface area contributed by atoms with E-state index in [0.717, 1.165) is 6.42 Å². The van der Waals surface area contributed by atoms with E-state index in [2.05, 4.69) is 6.08 Å². The maximum Gasteiger partial charge on any atom is 0.0914 e. The van der Waals surface area contributed by atoms with Crippen LogP contribution in [-0.2, 0) is 0 Å². The minimum absolute atomic E-state index is 1.07. The van der Waals surface area contributed by atoms with Gasteiger partial charge in [0.15, 0.2) is 0 Å². The standard InChI is InChI=1S/C8H9N/c9-7-6-8-4-2-1-3-5-8/h2,4,6H,1,3,5H2. The van der Waals surface area contributed by atoms with E-state index in [1.54, 1.807) is 6.08 Å². The molecule has 0 fully saturated rings. The van der Waals surface area contributed by atoms with E-state index >= 15 is 0 Å². The highest BCUT2D eigenvalue weighted by Gasteiger charge is 1.96. The summed E-state index contributed by atoms with van der Waals surface area (Å²) in [5.41, 5.74) is 1.17. The van der Waals surface area contributed by atoms with Crippen molar-refractivity contribution in [3.8, 4) is 6.07 Å². The molecule has 0 aromatic carbocycles. The molecule has 46 valence electrons. The molecule has 0 saturated carbocycles. The third-order valence-electron chi connectivity index (χ3n) is 1.42. The number of nitrogens with zero attached hydrogens (tertiary/aromatic N) is 1. The van der Waals surface area contributed by atoms with Crippen LogP contribution in [0.1, 0.15) is 19.3 Å². The van der Waals surface area contributed by atoms with Crippen LogP contribution in [0.5, 0.6) is 0 Å². The van der Waals surface area contributed by atoms with Crippen molar-refractivity contribution in [2.45, 2.75) is 19.3 Å². The molecule has 1 aliphatic rings. The van der Waals surface area contributed by atoms with E-state index in [0.29, 0.717) is 0 Å². The molecule has 0 amide bonds. The molecule has 1 rings (SSSR count). The molecule has 0 saturated heterocycles. The molecule has 0 unspecified atom stereocenters. The third-order valence-corrected chi connectivity index (χ3v) is 1.42. The summed E-state index contributed by atoms with van der Waals surface area (Å²) in [4.78, 5) is 0. The largest absolute Gasteiger partial charge is 0.193 e. The highest BCUT2D eigenvalue weighted by atomic mass is 14.2. The van der Waals surface area contributed by atoms with Gasteiger partial charge in [-0.3, -0.25) is 0 Å². The van der Waals surface area contributed by atoms with Crippen LogP contribution in [0.3, 0.4) is 0 Å². The Hall–Kier alpha value is -1.03. The summed E-state index contributed by atoms with van der Waals surface area (Å²) in [6.45, 7) is 0. The molecule has 0 aliphatic heterocycles. The fraction of sp³-hybridized carbons (Fsp3) is 0.375. The zero-order chi connectivity index (χ0) is 6.53. The maximum atomic E-state index is 8.26. The first-order chi connectivity index (χ1) is 4.43. The minimum Gasteiger partial charge on any atom is -0.193 e. The normalized spacial score (nSPS) is 21.9. The molecule has 0 atom stereocenters. The summed E-state index contributed by atoms with van der Waals surface area (Å²) in [6, 6.07) is 2.02. The highest BCUT2D eigenvalue weighted by molar-refractivity contribution is 5.26. The number of rotatable bonds is 0. The first-order valence-corrected chi connectivity index (χ1v) is 3.18. The number of hydrogen-bond donors (Lipinski definition) is 0. The van der Waals surface area contributed by atoms with Crippen LogP contribution in [0.2, 0.25) is 0 Å². The monoisotopic (exact) mass is 119 g/mol. The zero-order valence-corrected chi connectivity index (χ0v) is 5.30. The summed E-state index contributed by atoms with van der Waals surface area (Å²) in [5, 5.41) is 8.26. The molecule has 1 heteroatoms. The lowest BCUT2D eigenvalue weighted by molar-refractivity contribution is 0.821. The van der Waals surface area contributed by atoms with Gasteiger partial charge in [-0.15, -0.1) is 0 Å². The molecule has 0 aromatic rings. The zero-order valence-electron chi connectivity index (χ0n) is 5.30. The molecule has 1 nitrogen and oxygen atoms in total. The molecular weight excluding hydrogens is 110 g/mol. The van der Waals surface area contributed by atoms with Crippen LogP contribution >= 0.6 is 0 Å². The van der Waals surface area contributed by atoms with Gasteiger partial charge in [-0.05, 0) is 24.8 Å². The van der Waals surface area contributed by atoms with E-state index in [4.69, 9.17) is 5.26 Å². The van der Waals surface area contributed by atoms with Gasteiger partial charge < -0.3 is 0 Å². The second-order valence-corrected chi connectivity index (χ2v) is 2.14. The Kier molecular flexibility index (Phi) is 2.09. The van der Waals surface area contributed by atoms with Crippen LogP contribution in [-0.4, -0.2) is 0 Å². The van der Waals surface area contributed by atoms with Gasteiger partial charge in [0.05, 0.1) is 6.07 Å². The third kappa shape index (κ3) is 1.73. The van der Waals surface area contributed by atoms with E-state index in [1.807, 2.05) is 12.1 Å². The van der Waals surface area contributed by atoms with Crippen molar-refractivity contribution >= 4 is 0 Å². The van der Waals surface area contributed by atoms with E-state index in [-0.39, 0.29) is 0 Å². The predicted octanol–water partition coefficient (Wildman–Crippen LogP) is 2.18. The van der Waals surface area contributed by atoms with Crippen molar-refractivity contribution < 1.29 is 0 Å². The molecule has 0 heterocycles. The Morgan fingerprint density at radius 1 is 1.67 bits per heavy atom. The van der Waals surface area contributed by atoms with Gasteiger partial charge in [-0.1, -0.05) is 12.2 Å². The number of hydrogen-bond acceptors (Lipinski definition) is 1. The Labute approximate surface area is 55.3 Å². The van der Waals surface area contributed by atoms with Crippen molar-refractivity contribution in [2.75, 3.05) is 0 Å². The average Bonchev–Trinajstić information content (AvgIpc) is 1.91. The van der Waals surface area contributed by atoms with E-state index in [1.165, 1.54) is 18.4 Å². The lowest BCUT2D eigenvalue weighted by atomic mass is 10.0. The second-order valence-electron chi connectivity index (χ2n) is 2.14. The molecule has 1 aliphatic carbocycles. The van der Waals surface area contributed by atoms with Gasteiger partial charge in [0.1, 0.15) is 0 Å². The van der Waals surface area contributed by atoms with Crippen LogP contribution in [0.15, 0.2) is 23.8 Å². The lowest BCUT2D eigenvalue weighted by Gasteiger charge is -2.03. The molecular formula is C8H9N. The van der Waals surface area contributed by atoms with Gasteiger partial charge in [0.25, 0.3) is 0 Å². The quantitative estimate of drug-likeness (QED) is 0.448. The molecule has 0 spiro atoms. The summed E-state index contributed by atoms with van der Waals surface area (Å²) in [5.74, 6) is 0. The number of nitriles is 1. The van der Waals surface area contributed by atoms with Crippen LogP contribution in [0.4, 0.5) is 0 Å². The highest BCUT2D eigenvalue weighted by Crippen LogP contribution is 2.14. The van der Waals surface area contributed by atoms with Gasteiger partial charge in [-0.2, -0.15) is 5.26 Å². The molecule has 9 heavy (non-hydrogen) atoms. The van der Waals surface area contributed by atoms with Crippen LogP contribution in [0.25, 0.3) is 0 Å². The van der Waals surface area contributed by atoms with E-state index in [9.17, 15) is 0 Å². The summed E-state index contributed by atoms with van der Waals surface area (Å²) < 4.78 is 0. The van der Waals surface area contributed by atoms with Crippen molar-refractivity contribution in [3.63, 3.8) is 0 Å². The van der Waals surface area contributed by atoms with E-state index < -0.39 is 0 Å². The smallest absolute Gasteiger partial charge is 0.0914 e. The molecule has 0 aromatic heterocycles. The van der Waals surface area contributed by atoms with Gasteiger partial charge in [-0.25, -0.2) is 0 Å². The van der Waals surface area contributed by atoms with Gasteiger partial charge >= 0.3 is 0 Å². The van der Waals surface area contributed by atoms with Crippen molar-refractivity contribution in [3.05, 3.63) is 23.8 Å². The van der Waals surface area contributed by atoms with Crippen molar-refractivity contribution in [1.29, 1.82) is 5.26 Å². The molecule has 0 bridgehead atoms.